The van der Waals surface area contributed by atoms with Gasteiger partial charge in [-0.2, -0.15) is 5.26 Å². The Labute approximate surface area is 174 Å². The Morgan fingerprint density at radius 2 is 1.97 bits per heavy atom. The van der Waals surface area contributed by atoms with Crippen molar-refractivity contribution < 1.29 is 14.7 Å². The van der Waals surface area contributed by atoms with E-state index in [2.05, 4.69) is 11.4 Å². The normalized spacial score (nSPS) is 14.2. The third-order valence-electron chi connectivity index (χ3n) is 4.95. The molecule has 29 heavy (non-hydrogen) atoms. The van der Waals surface area contributed by atoms with Crippen LogP contribution in [0.4, 0.5) is 5.69 Å². The van der Waals surface area contributed by atoms with E-state index in [1.165, 1.54) is 30.3 Å². The molecule has 1 aromatic carbocycles. The quantitative estimate of drug-likeness (QED) is 0.540. The van der Waals surface area contributed by atoms with E-state index in [1.54, 1.807) is 12.1 Å². The number of amides is 1. The number of pyridine rings is 1. The van der Waals surface area contributed by atoms with Crippen LogP contribution >= 0.6 is 11.8 Å². The van der Waals surface area contributed by atoms with Gasteiger partial charge in [0.05, 0.1) is 16.4 Å². The SMILES string of the molecule is CCC(Sc1nc2c(cc1C#N)CCCCC2)C(=O)Nc1ccc(C(=O)O)cc1. The first-order chi connectivity index (χ1) is 14.0. The number of hydrogen-bond donors (Lipinski definition) is 2. The molecular formula is C22H23N3O3S. The minimum atomic E-state index is -1.01. The minimum absolute atomic E-state index is 0.164. The molecule has 2 N–H and O–H groups in total. The van der Waals surface area contributed by atoms with Crippen molar-refractivity contribution in [3.05, 3.63) is 52.7 Å². The monoisotopic (exact) mass is 409 g/mol. The first kappa shape index (κ1) is 20.9. The number of carboxylic acid groups (broad SMARTS) is 1. The van der Waals surface area contributed by atoms with Crippen molar-refractivity contribution in [2.75, 3.05) is 5.32 Å². The summed E-state index contributed by atoms with van der Waals surface area (Å²) in [5, 5.41) is 21.6. The second-order valence-corrected chi connectivity index (χ2v) is 8.20. The van der Waals surface area contributed by atoms with Crippen LogP contribution in [0.2, 0.25) is 0 Å². The third kappa shape index (κ3) is 5.15. The first-order valence-electron chi connectivity index (χ1n) is 9.75. The molecule has 1 aliphatic carbocycles. The molecule has 0 spiro atoms. The van der Waals surface area contributed by atoms with Crippen LogP contribution in [0.5, 0.6) is 0 Å². The molecule has 0 saturated heterocycles. The van der Waals surface area contributed by atoms with Gasteiger partial charge in [0.1, 0.15) is 11.1 Å². The number of aromatic nitrogens is 1. The summed E-state index contributed by atoms with van der Waals surface area (Å²) < 4.78 is 0. The zero-order valence-electron chi connectivity index (χ0n) is 16.3. The molecule has 7 heteroatoms. The fraction of sp³-hybridized carbons (Fsp3) is 0.364. The highest BCUT2D eigenvalue weighted by Crippen LogP contribution is 2.31. The van der Waals surface area contributed by atoms with Gasteiger partial charge in [0.25, 0.3) is 0 Å². The summed E-state index contributed by atoms with van der Waals surface area (Å²) in [7, 11) is 0. The van der Waals surface area contributed by atoms with Gasteiger partial charge in [-0.05, 0) is 68.0 Å². The summed E-state index contributed by atoms with van der Waals surface area (Å²) >= 11 is 1.32. The van der Waals surface area contributed by atoms with E-state index in [1.807, 2.05) is 13.0 Å². The topological polar surface area (TPSA) is 103 Å². The molecule has 0 bridgehead atoms. The molecule has 0 aliphatic heterocycles. The van der Waals surface area contributed by atoms with Crippen LogP contribution in [0, 0.1) is 11.3 Å². The first-order valence-corrected chi connectivity index (χ1v) is 10.6. The molecule has 1 aliphatic rings. The minimum Gasteiger partial charge on any atom is -0.478 e. The lowest BCUT2D eigenvalue weighted by molar-refractivity contribution is -0.115. The van der Waals surface area contributed by atoms with Crippen molar-refractivity contribution in [1.82, 2.24) is 4.98 Å². The van der Waals surface area contributed by atoms with E-state index in [0.29, 0.717) is 22.7 Å². The highest BCUT2D eigenvalue weighted by molar-refractivity contribution is 8.00. The number of aromatic carboxylic acids is 1. The van der Waals surface area contributed by atoms with E-state index < -0.39 is 11.2 Å². The number of thioether (sulfide) groups is 1. The van der Waals surface area contributed by atoms with Gasteiger partial charge in [-0.15, -0.1) is 0 Å². The fourth-order valence-electron chi connectivity index (χ4n) is 3.34. The second-order valence-electron chi connectivity index (χ2n) is 7.01. The Morgan fingerprint density at radius 1 is 1.24 bits per heavy atom. The van der Waals surface area contributed by atoms with Gasteiger partial charge in [0.15, 0.2) is 0 Å². The number of nitrogens with one attached hydrogen (secondary N) is 1. The van der Waals surface area contributed by atoms with Crippen LogP contribution < -0.4 is 5.32 Å². The summed E-state index contributed by atoms with van der Waals surface area (Å²) in [6.45, 7) is 1.92. The lowest BCUT2D eigenvalue weighted by Gasteiger charge is -2.16. The number of nitriles is 1. The molecule has 3 rings (SSSR count). The highest BCUT2D eigenvalue weighted by atomic mass is 32.2. The zero-order chi connectivity index (χ0) is 20.8. The number of carbonyl (C=O) groups is 2. The molecule has 1 atom stereocenters. The highest BCUT2D eigenvalue weighted by Gasteiger charge is 2.22. The number of carboxylic acids is 1. The number of rotatable bonds is 6. The summed E-state index contributed by atoms with van der Waals surface area (Å²) in [4.78, 5) is 28.5. The Hall–Kier alpha value is -2.85. The number of anilines is 1. The van der Waals surface area contributed by atoms with Crippen molar-refractivity contribution in [1.29, 1.82) is 5.26 Å². The molecule has 1 amide bonds. The third-order valence-corrected chi connectivity index (χ3v) is 6.32. The average Bonchev–Trinajstić information content (AvgIpc) is 2.96. The average molecular weight is 410 g/mol. The number of nitrogens with zero attached hydrogens (tertiary/aromatic N) is 2. The molecular weight excluding hydrogens is 386 g/mol. The van der Waals surface area contributed by atoms with E-state index in [-0.39, 0.29) is 11.5 Å². The molecule has 0 fully saturated rings. The van der Waals surface area contributed by atoms with Crippen LogP contribution in [-0.4, -0.2) is 27.2 Å². The predicted molar refractivity (Wildman–Crippen MR) is 112 cm³/mol. The maximum atomic E-state index is 12.8. The summed E-state index contributed by atoms with van der Waals surface area (Å²) in [5.74, 6) is -1.20. The van der Waals surface area contributed by atoms with Gasteiger partial charge in [0.2, 0.25) is 5.91 Å². The summed E-state index contributed by atoms with van der Waals surface area (Å²) in [5.41, 5.74) is 3.42. The largest absolute Gasteiger partial charge is 0.478 e. The maximum Gasteiger partial charge on any atom is 0.335 e. The number of benzene rings is 1. The second kappa shape index (κ2) is 9.57. The number of fused-ring (bicyclic) bond motifs is 1. The van der Waals surface area contributed by atoms with Crippen LogP contribution in [-0.2, 0) is 17.6 Å². The smallest absolute Gasteiger partial charge is 0.335 e. The zero-order valence-corrected chi connectivity index (χ0v) is 17.1. The summed E-state index contributed by atoms with van der Waals surface area (Å²) in [6, 6.07) is 10.2. The fourth-order valence-corrected chi connectivity index (χ4v) is 4.33. The summed E-state index contributed by atoms with van der Waals surface area (Å²) in [6.07, 6.45) is 5.82. The molecule has 0 saturated carbocycles. The number of hydrogen-bond acceptors (Lipinski definition) is 5. The van der Waals surface area contributed by atoms with Gasteiger partial charge < -0.3 is 10.4 Å². The van der Waals surface area contributed by atoms with Gasteiger partial charge in [-0.1, -0.05) is 25.1 Å². The Kier molecular flexibility index (Phi) is 6.89. The van der Waals surface area contributed by atoms with E-state index >= 15 is 0 Å². The molecule has 2 aromatic rings. The number of carbonyl (C=O) groups excluding carboxylic acids is 1. The van der Waals surface area contributed by atoms with Crippen LogP contribution in [0.15, 0.2) is 35.4 Å². The number of aryl methyl sites for hydroxylation is 2. The van der Waals surface area contributed by atoms with Crippen LogP contribution in [0.3, 0.4) is 0 Å². The molecule has 1 heterocycles. The molecule has 1 aromatic heterocycles. The van der Waals surface area contributed by atoms with Crippen LogP contribution in [0.25, 0.3) is 0 Å². The van der Waals surface area contributed by atoms with E-state index in [9.17, 15) is 14.9 Å². The van der Waals surface area contributed by atoms with E-state index in [4.69, 9.17) is 10.1 Å². The van der Waals surface area contributed by atoms with Crippen molar-refractivity contribution >= 4 is 29.3 Å². The Balaban J connectivity index is 1.76. The van der Waals surface area contributed by atoms with Crippen molar-refractivity contribution in [3.63, 3.8) is 0 Å². The van der Waals surface area contributed by atoms with Gasteiger partial charge in [0, 0.05) is 11.4 Å². The lowest BCUT2D eigenvalue weighted by atomic mass is 10.1. The Morgan fingerprint density at radius 3 is 2.62 bits per heavy atom. The molecule has 1 unspecified atom stereocenters. The predicted octanol–water partition coefficient (Wildman–Crippen LogP) is 4.43. The van der Waals surface area contributed by atoms with Crippen molar-refractivity contribution in [2.24, 2.45) is 0 Å². The van der Waals surface area contributed by atoms with Crippen molar-refractivity contribution in [3.8, 4) is 6.07 Å². The van der Waals surface area contributed by atoms with Gasteiger partial charge >= 0.3 is 5.97 Å². The molecule has 150 valence electrons. The standard InChI is InChI=1S/C22H23N3O3S/c1-2-19(20(26)24-17-10-8-14(9-11-17)22(27)28)29-21-16(13-23)12-15-6-4-3-5-7-18(15)25-21/h8-12,19H,2-7H2,1H3,(H,24,26)(H,27,28). The molecule has 6 nitrogen and oxygen atoms in total. The van der Waals surface area contributed by atoms with Crippen molar-refractivity contribution in [2.45, 2.75) is 55.7 Å². The Bertz CT molecular complexity index is 951. The molecule has 0 radical (unpaired) electrons. The van der Waals surface area contributed by atoms with Gasteiger partial charge in [-0.25, -0.2) is 9.78 Å². The van der Waals surface area contributed by atoms with Gasteiger partial charge in [-0.3, -0.25) is 4.79 Å². The van der Waals surface area contributed by atoms with Crippen LogP contribution in [0.1, 0.15) is 59.8 Å². The maximum absolute atomic E-state index is 12.8. The lowest BCUT2D eigenvalue weighted by Crippen LogP contribution is -2.25. The van der Waals surface area contributed by atoms with E-state index in [0.717, 1.165) is 36.9 Å².